The molecule has 0 saturated carbocycles. The summed E-state index contributed by atoms with van der Waals surface area (Å²) in [5.74, 6) is 3.34. The maximum atomic E-state index is 11.6. The van der Waals surface area contributed by atoms with E-state index in [1.807, 2.05) is 30.3 Å². The number of aliphatic hydroxyl groups excluding tert-OH is 4. The minimum atomic E-state index is -1.43. The van der Waals surface area contributed by atoms with Crippen molar-refractivity contribution < 1.29 is 39.4 Å². The van der Waals surface area contributed by atoms with Crippen molar-refractivity contribution in [1.29, 1.82) is 0 Å². The van der Waals surface area contributed by atoms with E-state index < -0.39 is 42.4 Å². The summed E-state index contributed by atoms with van der Waals surface area (Å²) < 4.78 is 24.8. The lowest BCUT2D eigenvalue weighted by Gasteiger charge is -2.51. The lowest BCUT2D eigenvalue weighted by Crippen LogP contribution is -2.70. The molecular weight excluding hydrogens is 476 g/mol. The Morgan fingerprint density at radius 1 is 1.16 bits per heavy atom. The van der Waals surface area contributed by atoms with E-state index in [1.165, 1.54) is 0 Å². The van der Waals surface area contributed by atoms with Gasteiger partial charge in [0.2, 0.25) is 6.29 Å². The molecule has 4 N–H and O–H groups in total. The zero-order chi connectivity index (χ0) is 26.7. The van der Waals surface area contributed by atoms with Gasteiger partial charge in [0.15, 0.2) is 5.60 Å². The van der Waals surface area contributed by atoms with E-state index >= 15 is 0 Å². The lowest BCUT2D eigenvalue weighted by molar-refractivity contribution is -0.342. The third-order valence-electron chi connectivity index (χ3n) is 7.01. The molecule has 0 aliphatic carbocycles. The van der Waals surface area contributed by atoms with Crippen LogP contribution in [0.5, 0.6) is 5.75 Å². The molecule has 8 heteroatoms. The summed E-state index contributed by atoms with van der Waals surface area (Å²) in [6.07, 6.45) is 2.91. The van der Waals surface area contributed by atoms with Gasteiger partial charge in [0.1, 0.15) is 36.3 Å². The average Bonchev–Trinajstić information content (AvgIpc) is 2.90. The molecule has 0 radical (unpaired) electrons. The van der Waals surface area contributed by atoms with Gasteiger partial charge in [-0.15, -0.1) is 6.58 Å². The first-order valence-electron chi connectivity index (χ1n) is 13.4. The van der Waals surface area contributed by atoms with Gasteiger partial charge in [0.05, 0.1) is 6.10 Å². The molecule has 1 fully saturated rings. The lowest BCUT2D eigenvalue weighted by atomic mass is 9.80. The van der Waals surface area contributed by atoms with Gasteiger partial charge in [-0.3, -0.25) is 0 Å². The van der Waals surface area contributed by atoms with E-state index in [9.17, 15) is 20.4 Å². The Labute approximate surface area is 220 Å². The van der Waals surface area contributed by atoms with Crippen LogP contribution in [0.1, 0.15) is 63.9 Å². The zero-order valence-corrected chi connectivity index (χ0v) is 21.8. The Morgan fingerprint density at radius 2 is 1.95 bits per heavy atom. The van der Waals surface area contributed by atoms with E-state index in [1.54, 1.807) is 0 Å². The summed E-state index contributed by atoms with van der Waals surface area (Å²) in [4.78, 5) is 0. The molecule has 8 nitrogen and oxygen atoms in total. The van der Waals surface area contributed by atoms with E-state index in [0.717, 1.165) is 31.2 Å². The molecule has 3 heterocycles. The highest BCUT2D eigenvalue weighted by Crippen LogP contribution is 2.40. The molecule has 37 heavy (non-hydrogen) atoms. The molecule has 7 atom stereocenters. The second kappa shape index (κ2) is 14.7. The Kier molecular flexibility index (Phi) is 11.7. The molecule has 206 valence electrons. The molecule has 3 aliphatic rings. The van der Waals surface area contributed by atoms with Crippen molar-refractivity contribution in [1.82, 2.24) is 0 Å². The molecule has 0 spiro atoms. The van der Waals surface area contributed by atoms with Crippen molar-refractivity contribution in [3.8, 4) is 17.8 Å². The van der Waals surface area contributed by atoms with Crippen molar-refractivity contribution in [3.63, 3.8) is 0 Å². The molecule has 0 amide bonds. The van der Waals surface area contributed by atoms with Crippen molar-refractivity contribution in [2.45, 2.75) is 107 Å². The van der Waals surface area contributed by atoms with Gasteiger partial charge in [0.25, 0.3) is 0 Å². The van der Waals surface area contributed by atoms with Crippen LogP contribution in [0.15, 0.2) is 36.9 Å². The van der Waals surface area contributed by atoms with Gasteiger partial charge in [0, 0.05) is 19.6 Å². The van der Waals surface area contributed by atoms with Crippen LogP contribution in [0.3, 0.4) is 0 Å². The van der Waals surface area contributed by atoms with E-state index in [-0.39, 0.29) is 25.9 Å². The van der Waals surface area contributed by atoms with Crippen LogP contribution in [-0.4, -0.2) is 76.1 Å². The minimum absolute atomic E-state index is 0.0706. The summed E-state index contributed by atoms with van der Waals surface area (Å²) in [6, 6.07) is 7.49. The Morgan fingerprint density at radius 3 is 2.65 bits per heavy atom. The largest absolute Gasteiger partial charge is 0.462 e. The third kappa shape index (κ3) is 7.70. The molecule has 1 aromatic rings. The third-order valence-corrected chi connectivity index (χ3v) is 7.01. The number of rotatable bonds is 12. The van der Waals surface area contributed by atoms with E-state index in [4.69, 9.17) is 18.9 Å². The first-order valence-corrected chi connectivity index (χ1v) is 13.4. The monoisotopic (exact) mass is 518 g/mol. The van der Waals surface area contributed by atoms with Crippen LogP contribution >= 0.6 is 0 Å². The van der Waals surface area contributed by atoms with E-state index in [2.05, 4.69) is 25.5 Å². The van der Waals surface area contributed by atoms with Gasteiger partial charge >= 0.3 is 0 Å². The fourth-order valence-corrected chi connectivity index (χ4v) is 4.84. The standard InChI is InChI=1S/C29H42O8/c1-3-5-6-20-35-29-17-16-22(31)10-8-19-34-24(11-7-18-30)26(25(32)27(29)33)37-28(29)36-23-14-12-21(9-4-2)13-15-23/h4,12-15,22,24-28,30-33H,2-3,5-7,9-11,16-18,20H2,1H3/t22-,24+,25-,26-,27+,28+,29-/m1/s1. The smallest absolute Gasteiger partial charge is 0.232 e. The van der Waals surface area contributed by atoms with Crippen LogP contribution in [0.25, 0.3) is 0 Å². The molecule has 0 unspecified atom stereocenters. The molecule has 0 aromatic heterocycles. The predicted octanol–water partition coefficient (Wildman–Crippen LogP) is 2.85. The fourth-order valence-electron chi connectivity index (χ4n) is 4.84. The van der Waals surface area contributed by atoms with Crippen molar-refractivity contribution >= 4 is 0 Å². The first-order chi connectivity index (χ1) is 17.9. The molecule has 4 rings (SSSR count). The molecule has 2 bridgehead atoms. The topological polar surface area (TPSA) is 118 Å². The molecule has 1 aromatic carbocycles. The average molecular weight is 519 g/mol. The van der Waals surface area contributed by atoms with Crippen LogP contribution in [0.4, 0.5) is 0 Å². The van der Waals surface area contributed by atoms with Gasteiger partial charge in [-0.1, -0.05) is 43.9 Å². The van der Waals surface area contributed by atoms with Crippen molar-refractivity contribution in [2.75, 3.05) is 13.2 Å². The van der Waals surface area contributed by atoms with Gasteiger partial charge in [-0.25, -0.2) is 0 Å². The summed E-state index contributed by atoms with van der Waals surface area (Å²) in [5, 5.41) is 42.8. The fraction of sp³-hybridized carbons (Fsp3) is 0.655. The van der Waals surface area contributed by atoms with Gasteiger partial charge in [-0.2, -0.15) is 0 Å². The highest BCUT2D eigenvalue weighted by Gasteiger charge is 2.59. The van der Waals surface area contributed by atoms with Crippen molar-refractivity contribution in [2.24, 2.45) is 0 Å². The Bertz CT molecular complexity index is 878. The minimum Gasteiger partial charge on any atom is -0.462 e. The number of ether oxygens (including phenoxy) is 4. The number of hydrogen-bond donors (Lipinski definition) is 4. The number of aliphatic hydroxyl groups is 4. The SMILES string of the molecule is C=CCc1ccc(O[C@H]2O[C@H]3[C@@H](O)[C@H](O)[C@]2(OCCCCC)CC[C@H](O)CC#CO[C@H]3CCCO)cc1. The van der Waals surface area contributed by atoms with Crippen LogP contribution in [0.2, 0.25) is 0 Å². The maximum absolute atomic E-state index is 11.6. The summed E-state index contributed by atoms with van der Waals surface area (Å²) in [6.45, 7) is 6.13. The zero-order valence-electron chi connectivity index (χ0n) is 21.8. The summed E-state index contributed by atoms with van der Waals surface area (Å²) in [7, 11) is 0. The van der Waals surface area contributed by atoms with Crippen LogP contribution < -0.4 is 4.74 Å². The van der Waals surface area contributed by atoms with Gasteiger partial charge in [-0.05, 0) is 56.2 Å². The van der Waals surface area contributed by atoms with Crippen molar-refractivity contribution in [3.05, 3.63) is 42.5 Å². The quantitative estimate of drug-likeness (QED) is 0.190. The molecular formula is C29H42O8. The highest BCUT2D eigenvalue weighted by molar-refractivity contribution is 5.29. The molecule has 3 aliphatic heterocycles. The normalized spacial score (nSPS) is 31.8. The first kappa shape index (κ1) is 29.4. The number of hydrogen-bond acceptors (Lipinski definition) is 8. The Balaban J connectivity index is 1.99. The van der Waals surface area contributed by atoms with Crippen LogP contribution in [0, 0.1) is 12.0 Å². The van der Waals surface area contributed by atoms with E-state index in [0.29, 0.717) is 25.2 Å². The number of allylic oxidation sites excluding steroid dienone is 1. The maximum Gasteiger partial charge on any atom is 0.232 e. The number of unbranched alkanes of at least 4 members (excludes halogenated alkanes) is 2. The number of fused-ring (bicyclic) bond motifs is 8. The predicted molar refractivity (Wildman–Crippen MR) is 139 cm³/mol. The number of benzene rings is 1. The Hall–Kier alpha value is -2.12. The molecule has 1 saturated heterocycles. The second-order valence-electron chi connectivity index (χ2n) is 9.83. The van der Waals surface area contributed by atoms with Crippen LogP contribution in [-0.2, 0) is 20.6 Å². The second-order valence-corrected chi connectivity index (χ2v) is 9.83. The van der Waals surface area contributed by atoms with Gasteiger partial charge < -0.3 is 39.4 Å². The summed E-state index contributed by atoms with van der Waals surface area (Å²) >= 11 is 0. The summed E-state index contributed by atoms with van der Waals surface area (Å²) in [5.41, 5.74) is -0.359. The highest BCUT2D eigenvalue weighted by atomic mass is 16.7.